The fraction of sp³-hybridized carbons (Fsp3) is 0.714. The number of Topliss-reactive ketones (excluding diaryl/α,β-unsaturated/α-hetero) is 2. The highest BCUT2D eigenvalue weighted by Gasteiger charge is 2.33. The molecule has 0 aliphatic rings. The summed E-state index contributed by atoms with van der Waals surface area (Å²) < 4.78 is 4.80. The van der Waals surface area contributed by atoms with E-state index in [0.717, 1.165) is 4.90 Å². The highest BCUT2D eigenvalue weighted by atomic mass is 16.5. The van der Waals surface area contributed by atoms with Crippen molar-refractivity contribution < 1.29 is 19.1 Å². The topological polar surface area (TPSA) is 114 Å². The lowest BCUT2D eigenvalue weighted by Gasteiger charge is -2.29. The molecular formula is C14H25N3O4. The summed E-state index contributed by atoms with van der Waals surface area (Å²) >= 11 is 0. The van der Waals surface area contributed by atoms with Crippen molar-refractivity contribution in [2.45, 2.75) is 52.5 Å². The second-order valence-electron chi connectivity index (χ2n) is 4.65. The maximum Gasteiger partial charge on any atom is 0.325 e. The molecule has 0 spiro atoms. The molecule has 120 valence electrons. The molecule has 0 rings (SSSR count). The zero-order valence-corrected chi connectivity index (χ0v) is 13.0. The van der Waals surface area contributed by atoms with Crippen LogP contribution in [0.1, 0.15) is 46.5 Å². The lowest BCUT2D eigenvalue weighted by Crippen LogP contribution is -2.54. The predicted octanol–water partition coefficient (Wildman–Crippen LogP) is 0.852. The number of carbonyl (C=O) groups excluding carboxylic acids is 3. The number of ether oxygens (including phenoxy) is 1. The van der Waals surface area contributed by atoms with E-state index in [1.807, 2.05) is 13.8 Å². The number of nitrogens with zero attached hydrogens (tertiary/aromatic N) is 1. The number of hydrogen-bond donors (Lipinski definition) is 2. The summed E-state index contributed by atoms with van der Waals surface area (Å²) in [5.74, 6) is -1.75. The molecule has 7 heteroatoms. The van der Waals surface area contributed by atoms with Crippen LogP contribution >= 0.6 is 0 Å². The van der Waals surface area contributed by atoms with E-state index < -0.39 is 18.0 Å². The van der Waals surface area contributed by atoms with Crippen molar-refractivity contribution in [3.63, 3.8) is 0 Å². The van der Waals surface area contributed by atoms with Crippen LogP contribution in [0.2, 0.25) is 0 Å². The van der Waals surface area contributed by atoms with Gasteiger partial charge in [-0.25, -0.2) is 0 Å². The first-order valence-corrected chi connectivity index (χ1v) is 7.20. The van der Waals surface area contributed by atoms with E-state index in [-0.39, 0.29) is 37.6 Å². The van der Waals surface area contributed by atoms with E-state index in [9.17, 15) is 14.4 Å². The standard InChI is InChI=1S/C14H25N3O4/c1-4-7-10(18)13(11(19)8-5-2)17(14(15)16)9-12(20)21-6-3/h13H,4-9H2,1-3H3,(H3,15,16). The Kier molecular flexibility index (Phi) is 9.00. The number of rotatable bonds is 10. The Morgan fingerprint density at radius 3 is 1.90 bits per heavy atom. The predicted molar refractivity (Wildman–Crippen MR) is 78.9 cm³/mol. The highest BCUT2D eigenvalue weighted by Crippen LogP contribution is 2.10. The molecule has 0 heterocycles. The third-order valence-electron chi connectivity index (χ3n) is 2.83. The fourth-order valence-electron chi connectivity index (χ4n) is 1.95. The Balaban J connectivity index is 5.27. The van der Waals surface area contributed by atoms with E-state index >= 15 is 0 Å². The van der Waals surface area contributed by atoms with Crippen molar-refractivity contribution in [2.24, 2.45) is 5.73 Å². The molecule has 0 radical (unpaired) electrons. The van der Waals surface area contributed by atoms with Gasteiger partial charge in [0.25, 0.3) is 0 Å². The average Bonchev–Trinajstić information content (AvgIpc) is 2.38. The van der Waals surface area contributed by atoms with E-state index in [1.54, 1.807) is 6.92 Å². The van der Waals surface area contributed by atoms with Gasteiger partial charge in [0.2, 0.25) is 0 Å². The van der Waals surface area contributed by atoms with Crippen LogP contribution in [0.4, 0.5) is 0 Å². The molecule has 0 aromatic carbocycles. The van der Waals surface area contributed by atoms with Gasteiger partial charge in [-0.05, 0) is 19.8 Å². The van der Waals surface area contributed by atoms with Gasteiger partial charge < -0.3 is 15.4 Å². The molecule has 0 saturated carbocycles. The zero-order valence-electron chi connectivity index (χ0n) is 13.0. The number of carbonyl (C=O) groups is 3. The molecule has 0 fully saturated rings. The van der Waals surface area contributed by atoms with Crippen molar-refractivity contribution in [1.29, 1.82) is 5.41 Å². The maximum atomic E-state index is 12.2. The van der Waals surface area contributed by atoms with E-state index in [0.29, 0.717) is 12.8 Å². The largest absolute Gasteiger partial charge is 0.465 e. The van der Waals surface area contributed by atoms with Gasteiger partial charge in [0.1, 0.15) is 12.6 Å². The molecular weight excluding hydrogens is 274 g/mol. The third kappa shape index (κ3) is 6.37. The monoisotopic (exact) mass is 299 g/mol. The molecule has 0 amide bonds. The molecule has 7 nitrogen and oxygen atoms in total. The third-order valence-corrected chi connectivity index (χ3v) is 2.83. The molecule has 3 N–H and O–H groups in total. The van der Waals surface area contributed by atoms with Crippen molar-refractivity contribution >= 4 is 23.5 Å². The summed E-state index contributed by atoms with van der Waals surface area (Å²) in [6, 6.07) is -1.17. The molecule has 0 saturated heterocycles. The van der Waals surface area contributed by atoms with Crippen molar-refractivity contribution in [2.75, 3.05) is 13.2 Å². The minimum Gasteiger partial charge on any atom is -0.465 e. The summed E-state index contributed by atoms with van der Waals surface area (Å²) in [4.78, 5) is 37.0. The zero-order chi connectivity index (χ0) is 16.4. The van der Waals surface area contributed by atoms with Crippen LogP contribution in [-0.2, 0) is 19.1 Å². The first-order valence-electron chi connectivity index (χ1n) is 7.20. The number of hydrogen-bond acceptors (Lipinski definition) is 5. The Morgan fingerprint density at radius 2 is 1.57 bits per heavy atom. The van der Waals surface area contributed by atoms with E-state index in [1.165, 1.54) is 0 Å². The fourth-order valence-corrected chi connectivity index (χ4v) is 1.95. The first kappa shape index (κ1) is 19.1. The van der Waals surface area contributed by atoms with Crippen LogP contribution in [-0.4, -0.2) is 47.6 Å². The van der Waals surface area contributed by atoms with Gasteiger partial charge in [0, 0.05) is 12.8 Å². The van der Waals surface area contributed by atoms with Gasteiger partial charge in [-0.1, -0.05) is 13.8 Å². The van der Waals surface area contributed by atoms with Crippen molar-refractivity contribution in [3.8, 4) is 0 Å². The SMILES string of the molecule is CCCC(=O)C(C(=O)CCC)N(CC(=O)OCC)C(=N)N. The van der Waals surface area contributed by atoms with Crippen LogP contribution < -0.4 is 5.73 Å². The average molecular weight is 299 g/mol. The lowest BCUT2D eigenvalue weighted by atomic mass is 9.99. The summed E-state index contributed by atoms with van der Waals surface area (Å²) in [5, 5.41) is 7.55. The highest BCUT2D eigenvalue weighted by molar-refractivity contribution is 6.09. The second-order valence-corrected chi connectivity index (χ2v) is 4.65. The Bertz CT molecular complexity index is 378. The molecule has 0 bridgehead atoms. The summed E-state index contributed by atoms with van der Waals surface area (Å²) in [5.41, 5.74) is 5.45. The number of ketones is 2. The summed E-state index contributed by atoms with van der Waals surface area (Å²) in [6.07, 6.45) is 1.57. The van der Waals surface area contributed by atoms with E-state index in [2.05, 4.69) is 0 Å². The lowest BCUT2D eigenvalue weighted by molar-refractivity contribution is -0.145. The Morgan fingerprint density at radius 1 is 1.10 bits per heavy atom. The molecule has 0 atom stereocenters. The van der Waals surface area contributed by atoms with Crippen LogP contribution in [0, 0.1) is 5.41 Å². The number of nitrogens with one attached hydrogen (secondary N) is 1. The van der Waals surface area contributed by atoms with Crippen LogP contribution in [0.5, 0.6) is 0 Å². The smallest absolute Gasteiger partial charge is 0.325 e. The molecule has 0 aliphatic heterocycles. The first-order chi connectivity index (χ1) is 9.88. The van der Waals surface area contributed by atoms with Gasteiger partial charge in [0.05, 0.1) is 6.61 Å². The van der Waals surface area contributed by atoms with Crippen LogP contribution in [0.3, 0.4) is 0 Å². The van der Waals surface area contributed by atoms with Gasteiger partial charge in [-0.3, -0.25) is 19.8 Å². The van der Waals surface area contributed by atoms with Crippen LogP contribution in [0.15, 0.2) is 0 Å². The van der Waals surface area contributed by atoms with Crippen LogP contribution in [0.25, 0.3) is 0 Å². The normalized spacial score (nSPS) is 10.3. The van der Waals surface area contributed by atoms with Gasteiger partial charge in [0.15, 0.2) is 17.5 Å². The minimum absolute atomic E-state index is 0.182. The van der Waals surface area contributed by atoms with Gasteiger partial charge in [-0.2, -0.15) is 0 Å². The van der Waals surface area contributed by atoms with E-state index in [4.69, 9.17) is 15.9 Å². The maximum absolute atomic E-state index is 12.2. The number of guanidine groups is 1. The summed E-state index contributed by atoms with van der Waals surface area (Å²) in [6.45, 7) is 5.10. The molecule has 0 aliphatic carbocycles. The van der Waals surface area contributed by atoms with Gasteiger partial charge in [-0.15, -0.1) is 0 Å². The molecule has 21 heavy (non-hydrogen) atoms. The quantitative estimate of drug-likeness (QED) is 0.267. The second kappa shape index (κ2) is 9.90. The molecule has 0 aromatic heterocycles. The van der Waals surface area contributed by atoms with Crippen molar-refractivity contribution in [3.05, 3.63) is 0 Å². The van der Waals surface area contributed by atoms with Crippen molar-refractivity contribution in [1.82, 2.24) is 4.90 Å². The number of nitrogens with two attached hydrogens (primary N) is 1. The van der Waals surface area contributed by atoms with Gasteiger partial charge >= 0.3 is 5.97 Å². The number of esters is 1. The Hall–Kier alpha value is -1.92. The minimum atomic E-state index is -1.17. The summed E-state index contributed by atoms with van der Waals surface area (Å²) in [7, 11) is 0. The molecule has 0 unspecified atom stereocenters. The molecule has 0 aromatic rings. The Labute approximate surface area is 125 Å².